The summed E-state index contributed by atoms with van der Waals surface area (Å²) in [7, 11) is 0. The first-order chi connectivity index (χ1) is 14.2. The summed E-state index contributed by atoms with van der Waals surface area (Å²) >= 11 is 0. The van der Waals surface area contributed by atoms with E-state index in [9.17, 15) is 23.1 Å². The van der Waals surface area contributed by atoms with Crippen molar-refractivity contribution < 1.29 is 27.8 Å². The number of aliphatic hydroxyl groups is 1. The lowest BCUT2D eigenvalue weighted by molar-refractivity contribution is -0.137. The third-order valence-electron chi connectivity index (χ3n) is 5.08. The number of ether oxygens (including phenoxy) is 1. The van der Waals surface area contributed by atoms with Gasteiger partial charge in [-0.05, 0) is 37.3 Å². The van der Waals surface area contributed by atoms with Crippen molar-refractivity contribution in [2.45, 2.75) is 19.2 Å². The second-order valence-electron chi connectivity index (χ2n) is 7.35. The Labute approximate surface area is 173 Å². The van der Waals surface area contributed by atoms with E-state index in [0.717, 1.165) is 6.07 Å². The van der Waals surface area contributed by atoms with Gasteiger partial charge in [-0.15, -0.1) is 0 Å². The van der Waals surface area contributed by atoms with Crippen LogP contribution in [0.15, 0.2) is 48.5 Å². The van der Waals surface area contributed by atoms with Crippen LogP contribution in [0.3, 0.4) is 0 Å². The van der Waals surface area contributed by atoms with Crippen LogP contribution in [0.4, 0.5) is 18.9 Å². The van der Waals surface area contributed by atoms with Crippen molar-refractivity contribution in [3.8, 4) is 5.75 Å². The third-order valence-corrected chi connectivity index (χ3v) is 5.08. The molecule has 1 saturated heterocycles. The fraction of sp³-hybridized carbons (Fsp3) is 0.409. The lowest BCUT2D eigenvalue weighted by atomic mass is 10.1. The van der Waals surface area contributed by atoms with Crippen LogP contribution in [0, 0.1) is 0 Å². The van der Waals surface area contributed by atoms with Gasteiger partial charge in [0.2, 0.25) is 0 Å². The van der Waals surface area contributed by atoms with E-state index >= 15 is 0 Å². The maximum absolute atomic E-state index is 12.9. The Morgan fingerprint density at radius 3 is 2.47 bits per heavy atom. The minimum atomic E-state index is -4.36. The summed E-state index contributed by atoms with van der Waals surface area (Å²) in [5.74, 6) is 0.337. The summed E-state index contributed by atoms with van der Waals surface area (Å²) in [5.41, 5.74) is 0.370. The number of alkyl halides is 3. The van der Waals surface area contributed by atoms with Crippen molar-refractivity contribution in [2.75, 3.05) is 44.2 Å². The average Bonchev–Trinajstić information content (AvgIpc) is 2.72. The zero-order chi connectivity index (χ0) is 21.7. The number of ketones is 1. The molecule has 2 aromatic carbocycles. The van der Waals surface area contributed by atoms with Gasteiger partial charge in [-0.25, -0.2) is 0 Å². The molecule has 1 heterocycles. The van der Waals surface area contributed by atoms with Crippen molar-refractivity contribution in [3.63, 3.8) is 0 Å². The Kier molecular flexibility index (Phi) is 6.99. The molecule has 0 aromatic heterocycles. The van der Waals surface area contributed by atoms with Crippen molar-refractivity contribution >= 4 is 11.5 Å². The number of Topliss-reactive ketones (excluding diaryl/α,β-unsaturated/α-hetero) is 1. The number of carbonyl (C=O) groups is 1. The fourth-order valence-electron chi connectivity index (χ4n) is 3.49. The molecular weight excluding hydrogens is 397 g/mol. The predicted molar refractivity (Wildman–Crippen MR) is 108 cm³/mol. The van der Waals surface area contributed by atoms with Gasteiger partial charge in [0, 0.05) is 38.4 Å². The van der Waals surface area contributed by atoms with Crippen molar-refractivity contribution in [1.29, 1.82) is 0 Å². The molecule has 0 saturated carbocycles. The molecule has 8 heteroatoms. The van der Waals surface area contributed by atoms with E-state index in [-0.39, 0.29) is 12.4 Å². The Balaban J connectivity index is 1.49. The van der Waals surface area contributed by atoms with E-state index in [1.165, 1.54) is 19.1 Å². The minimum absolute atomic E-state index is 0.0537. The molecule has 0 aliphatic carbocycles. The highest BCUT2D eigenvalue weighted by atomic mass is 19.4. The number of benzene rings is 2. The molecular formula is C22H25F3N2O3. The zero-order valence-corrected chi connectivity index (χ0v) is 16.7. The van der Waals surface area contributed by atoms with E-state index in [1.54, 1.807) is 30.3 Å². The Bertz CT molecular complexity index is 865. The molecule has 1 fully saturated rings. The van der Waals surface area contributed by atoms with Crippen LogP contribution < -0.4 is 9.64 Å². The summed E-state index contributed by atoms with van der Waals surface area (Å²) in [6.07, 6.45) is -5.10. The van der Waals surface area contributed by atoms with E-state index in [4.69, 9.17) is 4.74 Å². The monoisotopic (exact) mass is 422 g/mol. The van der Waals surface area contributed by atoms with E-state index < -0.39 is 17.8 Å². The molecule has 0 amide bonds. The quantitative estimate of drug-likeness (QED) is 0.693. The Morgan fingerprint density at radius 2 is 1.80 bits per heavy atom. The molecule has 1 aliphatic rings. The van der Waals surface area contributed by atoms with Crippen LogP contribution in [-0.4, -0.2) is 61.2 Å². The summed E-state index contributed by atoms with van der Waals surface area (Å²) < 4.78 is 44.4. The van der Waals surface area contributed by atoms with E-state index in [1.807, 2.05) is 4.90 Å². The Morgan fingerprint density at radius 1 is 1.10 bits per heavy atom. The predicted octanol–water partition coefficient (Wildman–Crippen LogP) is 3.47. The summed E-state index contributed by atoms with van der Waals surface area (Å²) in [6.45, 7) is 4.29. The molecule has 0 radical (unpaired) electrons. The maximum atomic E-state index is 12.9. The van der Waals surface area contributed by atoms with Gasteiger partial charge in [0.25, 0.3) is 0 Å². The molecule has 5 nitrogen and oxygen atoms in total. The van der Waals surface area contributed by atoms with Gasteiger partial charge in [-0.3, -0.25) is 9.69 Å². The molecule has 0 spiro atoms. The lowest BCUT2D eigenvalue weighted by Gasteiger charge is -2.37. The van der Waals surface area contributed by atoms with E-state index in [2.05, 4.69) is 4.90 Å². The highest BCUT2D eigenvalue weighted by Crippen LogP contribution is 2.31. The normalized spacial score (nSPS) is 16.4. The number of aliphatic hydroxyl groups excluding tert-OH is 1. The minimum Gasteiger partial charge on any atom is -0.490 e. The number of rotatable bonds is 7. The summed E-state index contributed by atoms with van der Waals surface area (Å²) in [6, 6.07) is 12.2. The van der Waals surface area contributed by atoms with Crippen LogP contribution in [0.2, 0.25) is 0 Å². The maximum Gasteiger partial charge on any atom is 0.416 e. The van der Waals surface area contributed by atoms with Crippen molar-refractivity contribution in [1.82, 2.24) is 4.90 Å². The van der Waals surface area contributed by atoms with Gasteiger partial charge < -0.3 is 14.7 Å². The average molecular weight is 422 g/mol. The largest absolute Gasteiger partial charge is 0.490 e. The first-order valence-corrected chi connectivity index (χ1v) is 9.79. The van der Waals surface area contributed by atoms with Gasteiger partial charge in [-0.2, -0.15) is 13.2 Å². The standard InChI is InChI=1S/C22H25F3N2O3/c1-16(28)20-7-2-3-8-21(20)30-15-19(29)14-26-9-11-27(12-10-26)18-6-4-5-17(13-18)22(23,24)25/h2-8,13,19,29H,9-12,14-15H2,1H3/t19-/m0/s1. The molecule has 30 heavy (non-hydrogen) atoms. The molecule has 1 atom stereocenters. The highest BCUT2D eigenvalue weighted by Gasteiger charge is 2.31. The number of halogens is 3. The smallest absolute Gasteiger partial charge is 0.416 e. The van der Waals surface area contributed by atoms with Gasteiger partial charge in [-0.1, -0.05) is 18.2 Å². The number of carbonyl (C=O) groups excluding carboxylic acids is 1. The van der Waals surface area contributed by atoms with Crippen LogP contribution in [0.5, 0.6) is 5.75 Å². The highest BCUT2D eigenvalue weighted by molar-refractivity contribution is 5.96. The van der Waals surface area contributed by atoms with Gasteiger partial charge in [0.1, 0.15) is 18.5 Å². The number of β-amino-alcohol motifs (C(OH)–C–C–N with tert-alkyl or cyclic N) is 1. The SMILES string of the molecule is CC(=O)c1ccccc1OC[C@@H](O)CN1CCN(c2cccc(C(F)(F)F)c2)CC1. The number of anilines is 1. The van der Waals surface area contributed by atoms with Crippen LogP contribution in [0.25, 0.3) is 0 Å². The van der Waals surface area contributed by atoms with Gasteiger partial charge in [0.15, 0.2) is 5.78 Å². The zero-order valence-electron chi connectivity index (χ0n) is 16.7. The molecule has 0 unspecified atom stereocenters. The third kappa shape index (κ3) is 5.73. The number of piperazine rings is 1. The molecule has 3 rings (SSSR count). The lowest BCUT2D eigenvalue weighted by Crippen LogP contribution is -2.49. The molecule has 1 N–H and O–H groups in total. The van der Waals surface area contributed by atoms with Crippen LogP contribution >= 0.6 is 0 Å². The second-order valence-corrected chi connectivity index (χ2v) is 7.35. The first kappa shape index (κ1) is 22.1. The topological polar surface area (TPSA) is 53.0 Å². The summed E-state index contributed by atoms with van der Waals surface area (Å²) in [4.78, 5) is 15.6. The fourth-order valence-corrected chi connectivity index (χ4v) is 3.49. The molecule has 1 aliphatic heterocycles. The van der Waals surface area contributed by atoms with Crippen molar-refractivity contribution in [3.05, 3.63) is 59.7 Å². The van der Waals surface area contributed by atoms with Gasteiger partial charge >= 0.3 is 6.18 Å². The first-order valence-electron chi connectivity index (χ1n) is 9.79. The summed E-state index contributed by atoms with van der Waals surface area (Å²) in [5, 5.41) is 10.3. The number of para-hydroxylation sites is 1. The van der Waals surface area contributed by atoms with Crippen LogP contribution in [0.1, 0.15) is 22.8 Å². The molecule has 0 bridgehead atoms. The number of nitrogens with zero attached hydrogens (tertiary/aromatic N) is 2. The van der Waals surface area contributed by atoms with Crippen LogP contribution in [-0.2, 0) is 6.18 Å². The second kappa shape index (κ2) is 9.49. The Hall–Kier alpha value is -2.58. The van der Waals surface area contributed by atoms with E-state index in [0.29, 0.717) is 49.7 Å². The number of hydrogen-bond acceptors (Lipinski definition) is 5. The van der Waals surface area contributed by atoms with Crippen molar-refractivity contribution in [2.24, 2.45) is 0 Å². The van der Waals surface area contributed by atoms with Gasteiger partial charge in [0.05, 0.1) is 11.1 Å². The molecule has 2 aromatic rings. The molecule has 162 valence electrons. The number of hydrogen-bond donors (Lipinski definition) is 1.